The second kappa shape index (κ2) is 3.95. The zero-order valence-electron chi connectivity index (χ0n) is 9.11. The lowest BCUT2D eigenvalue weighted by molar-refractivity contribution is 1.04. The van der Waals surface area contributed by atoms with E-state index in [9.17, 15) is 0 Å². The molecule has 0 radical (unpaired) electrons. The molecule has 0 aliphatic carbocycles. The third-order valence-electron chi connectivity index (χ3n) is 2.66. The van der Waals surface area contributed by atoms with Gasteiger partial charge in [0.15, 0.2) is 11.5 Å². The van der Waals surface area contributed by atoms with E-state index in [2.05, 4.69) is 15.2 Å². The fourth-order valence-corrected chi connectivity index (χ4v) is 1.82. The van der Waals surface area contributed by atoms with Gasteiger partial charge in [0.05, 0.1) is 0 Å². The van der Waals surface area contributed by atoms with Crippen LogP contribution in [-0.4, -0.2) is 19.6 Å². The van der Waals surface area contributed by atoms with Crippen LogP contribution in [0, 0.1) is 0 Å². The summed E-state index contributed by atoms with van der Waals surface area (Å²) in [5.74, 6) is 0.781. The Hall–Kier alpha value is -2.27. The highest BCUT2D eigenvalue weighted by molar-refractivity contribution is 5.60. The van der Waals surface area contributed by atoms with Crippen LogP contribution >= 0.6 is 0 Å². The Labute approximate surface area is 97.9 Å². The van der Waals surface area contributed by atoms with Gasteiger partial charge >= 0.3 is 0 Å². The molecule has 0 aliphatic rings. The van der Waals surface area contributed by atoms with Crippen molar-refractivity contribution >= 4 is 5.65 Å². The maximum atomic E-state index is 5.67. The number of hydrogen-bond acceptors (Lipinski definition) is 4. The Bertz CT molecular complexity index is 644. The highest BCUT2D eigenvalue weighted by atomic mass is 15.2. The Morgan fingerprint density at radius 3 is 2.88 bits per heavy atom. The predicted molar refractivity (Wildman–Crippen MR) is 64.1 cm³/mol. The molecule has 0 spiro atoms. The average molecular weight is 225 g/mol. The van der Waals surface area contributed by atoms with Crippen LogP contribution in [-0.2, 0) is 6.54 Å². The molecular formula is C12H11N5. The molecule has 0 saturated carbocycles. The summed E-state index contributed by atoms with van der Waals surface area (Å²) in [6.07, 6.45) is 5.43. The van der Waals surface area contributed by atoms with Crippen molar-refractivity contribution in [3.63, 3.8) is 0 Å². The van der Waals surface area contributed by atoms with Crippen LogP contribution in [0.4, 0.5) is 0 Å². The van der Waals surface area contributed by atoms with Crippen molar-refractivity contribution in [3.8, 4) is 11.4 Å². The number of fused-ring (bicyclic) bond motifs is 1. The molecule has 0 aliphatic heterocycles. The summed E-state index contributed by atoms with van der Waals surface area (Å²) in [6, 6.07) is 7.73. The lowest BCUT2D eigenvalue weighted by atomic mass is 10.2. The molecule has 2 N–H and O–H groups in total. The summed E-state index contributed by atoms with van der Waals surface area (Å²) in [5.41, 5.74) is 8.39. The van der Waals surface area contributed by atoms with E-state index < -0.39 is 0 Å². The molecule has 5 nitrogen and oxygen atoms in total. The van der Waals surface area contributed by atoms with Gasteiger partial charge in [-0.15, -0.1) is 10.2 Å². The molecule has 17 heavy (non-hydrogen) atoms. The minimum Gasteiger partial charge on any atom is -0.326 e. The second-order valence-corrected chi connectivity index (χ2v) is 3.70. The maximum absolute atomic E-state index is 5.67. The largest absolute Gasteiger partial charge is 0.326 e. The van der Waals surface area contributed by atoms with Crippen molar-refractivity contribution in [2.24, 2.45) is 5.73 Å². The first-order valence-electron chi connectivity index (χ1n) is 5.33. The lowest BCUT2D eigenvalue weighted by Crippen LogP contribution is -2.00. The zero-order chi connectivity index (χ0) is 11.7. The van der Waals surface area contributed by atoms with Crippen LogP contribution in [0.15, 0.2) is 42.9 Å². The summed E-state index contributed by atoms with van der Waals surface area (Å²) >= 11 is 0. The Kier molecular flexibility index (Phi) is 2.31. The van der Waals surface area contributed by atoms with Crippen molar-refractivity contribution in [2.45, 2.75) is 6.54 Å². The minimum atomic E-state index is 0.454. The lowest BCUT2D eigenvalue weighted by Gasteiger charge is -2.01. The van der Waals surface area contributed by atoms with E-state index in [1.54, 1.807) is 12.4 Å². The van der Waals surface area contributed by atoms with Crippen molar-refractivity contribution in [2.75, 3.05) is 0 Å². The van der Waals surface area contributed by atoms with Gasteiger partial charge in [0, 0.05) is 36.3 Å². The van der Waals surface area contributed by atoms with E-state index in [1.807, 2.05) is 34.9 Å². The average Bonchev–Trinajstić information content (AvgIpc) is 2.83. The molecular weight excluding hydrogens is 214 g/mol. The first-order valence-corrected chi connectivity index (χ1v) is 5.33. The molecule has 0 unspecified atom stereocenters. The van der Waals surface area contributed by atoms with Crippen LogP contribution in [0.25, 0.3) is 17.0 Å². The van der Waals surface area contributed by atoms with Gasteiger partial charge in [0.2, 0.25) is 0 Å². The molecule has 0 amide bonds. The smallest absolute Gasteiger partial charge is 0.169 e. The summed E-state index contributed by atoms with van der Waals surface area (Å²) in [7, 11) is 0. The summed E-state index contributed by atoms with van der Waals surface area (Å²) in [5, 5.41) is 8.36. The molecule has 84 valence electrons. The maximum Gasteiger partial charge on any atom is 0.169 e. The van der Waals surface area contributed by atoms with Gasteiger partial charge < -0.3 is 5.73 Å². The number of hydrogen-bond donors (Lipinski definition) is 1. The van der Waals surface area contributed by atoms with Gasteiger partial charge in [-0.05, 0) is 18.2 Å². The highest BCUT2D eigenvalue weighted by Gasteiger charge is 2.09. The molecule has 5 heteroatoms. The van der Waals surface area contributed by atoms with E-state index in [0.717, 1.165) is 22.6 Å². The standard InChI is InChI=1S/C12H11N5/c13-7-9-4-2-6-17-11(9)15-16-12(17)10-3-1-5-14-8-10/h1-6,8H,7,13H2. The van der Waals surface area contributed by atoms with Gasteiger partial charge in [-0.25, -0.2) is 0 Å². The van der Waals surface area contributed by atoms with E-state index in [0.29, 0.717) is 6.54 Å². The molecule has 3 heterocycles. The second-order valence-electron chi connectivity index (χ2n) is 3.70. The minimum absolute atomic E-state index is 0.454. The summed E-state index contributed by atoms with van der Waals surface area (Å²) in [6.45, 7) is 0.454. The van der Waals surface area contributed by atoms with Crippen LogP contribution in [0.5, 0.6) is 0 Å². The fourth-order valence-electron chi connectivity index (χ4n) is 1.82. The quantitative estimate of drug-likeness (QED) is 0.712. The first-order chi connectivity index (χ1) is 8.40. The Balaban J connectivity index is 2.26. The molecule has 0 saturated heterocycles. The van der Waals surface area contributed by atoms with Gasteiger partial charge in [-0.1, -0.05) is 6.07 Å². The summed E-state index contributed by atoms with van der Waals surface area (Å²) in [4.78, 5) is 4.08. The number of nitrogens with two attached hydrogens (primary N) is 1. The molecule has 3 aromatic rings. The molecule has 3 rings (SSSR count). The molecule has 0 fully saturated rings. The third kappa shape index (κ3) is 1.57. The van der Waals surface area contributed by atoms with Crippen LogP contribution < -0.4 is 5.73 Å². The zero-order valence-corrected chi connectivity index (χ0v) is 9.11. The van der Waals surface area contributed by atoms with Crippen LogP contribution in [0.3, 0.4) is 0 Å². The van der Waals surface area contributed by atoms with E-state index in [4.69, 9.17) is 5.73 Å². The van der Waals surface area contributed by atoms with Crippen molar-refractivity contribution in [1.82, 2.24) is 19.6 Å². The monoisotopic (exact) mass is 225 g/mol. The normalized spacial score (nSPS) is 10.9. The van der Waals surface area contributed by atoms with Crippen molar-refractivity contribution in [3.05, 3.63) is 48.4 Å². The molecule has 3 aromatic heterocycles. The van der Waals surface area contributed by atoms with Crippen molar-refractivity contribution < 1.29 is 0 Å². The van der Waals surface area contributed by atoms with Gasteiger partial charge in [0.1, 0.15) is 0 Å². The fraction of sp³-hybridized carbons (Fsp3) is 0.0833. The topological polar surface area (TPSA) is 69.1 Å². The number of aromatic nitrogens is 4. The molecule has 0 aromatic carbocycles. The summed E-state index contributed by atoms with van der Waals surface area (Å²) < 4.78 is 1.93. The third-order valence-corrected chi connectivity index (χ3v) is 2.66. The van der Waals surface area contributed by atoms with Crippen molar-refractivity contribution in [1.29, 1.82) is 0 Å². The van der Waals surface area contributed by atoms with E-state index in [1.165, 1.54) is 0 Å². The predicted octanol–water partition coefficient (Wildman–Crippen LogP) is 1.25. The van der Waals surface area contributed by atoms with E-state index in [-0.39, 0.29) is 0 Å². The Morgan fingerprint density at radius 2 is 2.12 bits per heavy atom. The first kappa shape index (κ1) is 9.92. The van der Waals surface area contributed by atoms with Gasteiger partial charge in [-0.3, -0.25) is 9.38 Å². The van der Waals surface area contributed by atoms with Gasteiger partial charge in [-0.2, -0.15) is 0 Å². The number of pyridine rings is 2. The molecule has 0 bridgehead atoms. The number of nitrogens with zero attached hydrogens (tertiary/aromatic N) is 4. The van der Waals surface area contributed by atoms with E-state index >= 15 is 0 Å². The van der Waals surface area contributed by atoms with Gasteiger partial charge in [0.25, 0.3) is 0 Å². The van der Waals surface area contributed by atoms with Crippen LogP contribution in [0.1, 0.15) is 5.56 Å². The SMILES string of the molecule is NCc1cccn2c(-c3cccnc3)nnc12. The van der Waals surface area contributed by atoms with Crippen LogP contribution in [0.2, 0.25) is 0 Å². The highest BCUT2D eigenvalue weighted by Crippen LogP contribution is 2.18. The number of rotatable bonds is 2. The Morgan fingerprint density at radius 1 is 1.18 bits per heavy atom. The molecule has 0 atom stereocenters.